The molecule has 2 unspecified atom stereocenters. The standard InChI is InChI=1S/C27H38F2N4O6/c1-26(2,3)39-25(37)33-11-7-10-20(22(34)18-33)30-23(35)21(31-24(36)32-12-14-38-15-13-32)17-27(28,29)16-19-8-5-4-6-9-19/h4-6,8-9,20-21H,7,10-18H2,1-3H3,(H,30,35)(H,31,36). The van der Waals surface area contributed by atoms with Crippen molar-refractivity contribution in [2.24, 2.45) is 0 Å². The lowest BCUT2D eigenvalue weighted by Gasteiger charge is -2.31. The number of likely N-dealkylation sites (tertiary alicyclic amines) is 1. The van der Waals surface area contributed by atoms with Gasteiger partial charge in [-0.15, -0.1) is 0 Å². The molecule has 2 heterocycles. The van der Waals surface area contributed by atoms with E-state index in [4.69, 9.17) is 9.47 Å². The van der Waals surface area contributed by atoms with Gasteiger partial charge in [0.15, 0.2) is 5.78 Å². The first-order chi connectivity index (χ1) is 18.3. The number of benzene rings is 1. The number of carbonyl (C=O) groups excluding carboxylic acids is 4. The Labute approximate surface area is 227 Å². The molecule has 0 spiro atoms. The topological polar surface area (TPSA) is 117 Å². The van der Waals surface area contributed by atoms with Crippen LogP contribution in [0.1, 0.15) is 45.6 Å². The van der Waals surface area contributed by atoms with Crippen LogP contribution in [0.5, 0.6) is 0 Å². The van der Waals surface area contributed by atoms with Gasteiger partial charge in [0.25, 0.3) is 5.92 Å². The van der Waals surface area contributed by atoms with Crippen LogP contribution in [0.2, 0.25) is 0 Å². The summed E-state index contributed by atoms with van der Waals surface area (Å²) in [5, 5.41) is 5.00. The van der Waals surface area contributed by atoms with Gasteiger partial charge in [0, 0.05) is 32.5 Å². The molecule has 2 aliphatic heterocycles. The van der Waals surface area contributed by atoms with Crippen LogP contribution in [0.25, 0.3) is 0 Å². The molecule has 10 nitrogen and oxygen atoms in total. The van der Waals surface area contributed by atoms with Gasteiger partial charge in [0.1, 0.15) is 11.6 Å². The minimum atomic E-state index is -3.32. The van der Waals surface area contributed by atoms with E-state index in [-0.39, 0.29) is 32.6 Å². The number of morpholine rings is 1. The number of nitrogens with one attached hydrogen (secondary N) is 2. The van der Waals surface area contributed by atoms with E-state index in [1.54, 1.807) is 51.1 Å². The maximum Gasteiger partial charge on any atom is 0.410 e. The number of urea groups is 1. The molecule has 39 heavy (non-hydrogen) atoms. The van der Waals surface area contributed by atoms with Gasteiger partial charge in [-0.05, 0) is 39.2 Å². The number of Topliss-reactive ketones (excluding diaryl/α,β-unsaturated/α-hetero) is 1. The largest absolute Gasteiger partial charge is 0.444 e. The predicted octanol–water partition coefficient (Wildman–Crippen LogP) is 2.75. The first-order valence-corrected chi connectivity index (χ1v) is 13.2. The van der Waals surface area contributed by atoms with Crippen LogP contribution in [0.3, 0.4) is 0 Å². The molecule has 3 rings (SSSR count). The average Bonchev–Trinajstić information content (AvgIpc) is 3.04. The second-order valence-corrected chi connectivity index (χ2v) is 10.9. The Balaban J connectivity index is 1.70. The van der Waals surface area contributed by atoms with Crippen LogP contribution in [-0.4, -0.2) is 96.6 Å². The van der Waals surface area contributed by atoms with Gasteiger partial charge >= 0.3 is 12.1 Å². The van der Waals surface area contributed by atoms with Crippen LogP contribution >= 0.6 is 0 Å². The number of nitrogens with zero attached hydrogens (tertiary/aromatic N) is 2. The van der Waals surface area contributed by atoms with Crippen LogP contribution in [0.4, 0.5) is 18.4 Å². The summed E-state index contributed by atoms with van der Waals surface area (Å²) in [6.45, 7) is 6.25. The molecule has 0 radical (unpaired) electrons. The molecule has 12 heteroatoms. The average molecular weight is 553 g/mol. The molecular weight excluding hydrogens is 514 g/mol. The number of carbonyl (C=O) groups is 4. The lowest BCUT2D eigenvalue weighted by molar-refractivity contribution is -0.130. The van der Waals surface area contributed by atoms with Crippen LogP contribution in [-0.2, 0) is 25.5 Å². The maximum atomic E-state index is 15.1. The summed E-state index contributed by atoms with van der Waals surface area (Å²) in [6.07, 6.45) is -1.59. The van der Waals surface area contributed by atoms with Crippen molar-refractivity contribution < 1.29 is 37.4 Å². The van der Waals surface area contributed by atoms with Gasteiger partial charge < -0.3 is 29.9 Å². The van der Waals surface area contributed by atoms with Gasteiger partial charge in [-0.2, -0.15) is 0 Å². The quantitative estimate of drug-likeness (QED) is 0.537. The lowest BCUT2D eigenvalue weighted by Crippen LogP contribution is -2.57. The van der Waals surface area contributed by atoms with Crippen LogP contribution < -0.4 is 10.6 Å². The monoisotopic (exact) mass is 552 g/mol. The summed E-state index contributed by atoms with van der Waals surface area (Å²) in [5.74, 6) is -4.64. The zero-order valence-corrected chi connectivity index (χ0v) is 22.7. The van der Waals surface area contributed by atoms with Crippen LogP contribution in [0.15, 0.2) is 30.3 Å². The molecule has 2 aliphatic rings. The molecule has 2 N–H and O–H groups in total. The zero-order valence-electron chi connectivity index (χ0n) is 22.7. The highest BCUT2D eigenvalue weighted by Crippen LogP contribution is 2.26. The smallest absolute Gasteiger partial charge is 0.410 e. The molecular formula is C27H38F2N4O6. The number of ether oxygens (including phenoxy) is 2. The Hall–Kier alpha value is -3.28. The van der Waals surface area contributed by atoms with Crippen molar-refractivity contribution in [3.63, 3.8) is 0 Å². The molecule has 216 valence electrons. The summed E-state index contributed by atoms with van der Waals surface area (Å²) in [7, 11) is 0. The van der Waals surface area contributed by atoms with Crippen molar-refractivity contribution in [3.8, 4) is 0 Å². The van der Waals surface area contributed by atoms with Crippen molar-refractivity contribution in [1.82, 2.24) is 20.4 Å². The van der Waals surface area contributed by atoms with Crippen LogP contribution in [0, 0.1) is 0 Å². The van der Waals surface area contributed by atoms with Gasteiger partial charge in [-0.1, -0.05) is 30.3 Å². The fraction of sp³-hybridized carbons (Fsp3) is 0.630. The molecule has 2 fully saturated rings. The summed E-state index contributed by atoms with van der Waals surface area (Å²) >= 11 is 0. The number of rotatable bonds is 7. The predicted molar refractivity (Wildman–Crippen MR) is 138 cm³/mol. The number of alkyl halides is 2. The van der Waals surface area contributed by atoms with Gasteiger partial charge in [0.05, 0.1) is 25.8 Å². The molecule has 1 aromatic carbocycles. The number of hydrogen-bond acceptors (Lipinski definition) is 6. The Kier molecular flexibility index (Phi) is 10.2. The highest BCUT2D eigenvalue weighted by atomic mass is 19.3. The molecule has 0 aromatic heterocycles. The summed E-state index contributed by atoms with van der Waals surface area (Å²) in [4.78, 5) is 54.1. The van der Waals surface area contributed by atoms with E-state index < -0.39 is 60.3 Å². The molecule has 0 saturated carbocycles. The maximum absolute atomic E-state index is 15.1. The molecule has 2 saturated heterocycles. The minimum Gasteiger partial charge on any atom is -0.444 e. The fourth-order valence-electron chi connectivity index (χ4n) is 4.41. The van der Waals surface area contributed by atoms with Crippen molar-refractivity contribution in [3.05, 3.63) is 35.9 Å². The Morgan fingerprint density at radius 2 is 1.74 bits per heavy atom. The first-order valence-electron chi connectivity index (χ1n) is 13.2. The van der Waals surface area contributed by atoms with E-state index in [2.05, 4.69) is 10.6 Å². The van der Waals surface area contributed by atoms with E-state index >= 15 is 8.78 Å². The fourth-order valence-corrected chi connectivity index (χ4v) is 4.41. The second-order valence-electron chi connectivity index (χ2n) is 10.9. The summed E-state index contributed by atoms with van der Waals surface area (Å²) < 4.78 is 40.8. The molecule has 0 bridgehead atoms. The number of halogens is 2. The van der Waals surface area contributed by atoms with E-state index in [1.807, 2.05) is 0 Å². The van der Waals surface area contributed by atoms with Gasteiger partial charge in [0.2, 0.25) is 5.91 Å². The third-order valence-corrected chi connectivity index (χ3v) is 6.35. The van der Waals surface area contributed by atoms with Crippen molar-refractivity contribution >= 4 is 23.8 Å². The first kappa shape index (κ1) is 30.3. The summed E-state index contributed by atoms with van der Waals surface area (Å²) in [6, 6.07) is 4.91. The van der Waals surface area contributed by atoms with Gasteiger partial charge in [-0.25, -0.2) is 18.4 Å². The minimum absolute atomic E-state index is 0.217. The SMILES string of the molecule is CC(C)(C)OC(=O)N1CCCC(NC(=O)C(CC(F)(F)Cc2ccccc2)NC(=O)N2CCOCC2)C(=O)C1. The van der Waals surface area contributed by atoms with E-state index in [0.29, 0.717) is 25.2 Å². The highest BCUT2D eigenvalue weighted by molar-refractivity contribution is 5.94. The van der Waals surface area contributed by atoms with E-state index in [9.17, 15) is 19.2 Å². The third-order valence-electron chi connectivity index (χ3n) is 6.35. The van der Waals surface area contributed by atoms with Gasteiger partial charge in [-0.3, -0.25) is 9.59 Å². The van der Waals surface area contributed by atoms with E-state index in [0.717, 1.165) is 0 Å². The number of amides is 4. The van der Waals surface area contributed by atoms with Crippen molar-refractivity contribution in [2.75, 3.05) is 39.4 Å². The van der Waals surface area contributed by atoms with Crippen molar-refractivity contribution in [1.29, 1.82) is 0 Å². The normalized spacial score (nSPS) is 19.6. The number of ketones is 1. The molecule has 1 aromatic rings. The Morgan fingerprint density at radius 1 is 1.08 bits per heavy atom. The highest BCUT2D eigenvalue weighted by Gasteiger charge is 2.39. The number of hydrogen-bond donors (Lipinski definition) is 2. The Morgan fingerprint density at radius 3 is 2.38 bits per heavy atom. The Bertz CT molecular complexity index is 1010. The van der Waals surface area contributed by atoms with Crippen molar-refractivity contribution in [2.45, 2.75) is 70.1 Å². The third kappa shape index (κ3) is 9.76. The molecule has 0 aliphatic carbocycles. The molecule has 4 amide bonds. The molecule has 2 atom stereocenters. The zero-order chi connectivity index (χ0) is 28.6. The summed E-state index contributed by atoms with van der Waals surface area (Å²) in [5.41, 5.74) is -0.348. The second kappa shape index (κ2) is 13.2. The lowest BCUT2D eigenvalue weighted by atomic mass is 9.99. The van der Waals surface area contributed by atoms with E-state index in [1.165, 1.54) is 9.80 Å².